The number of aliphatic hydroxyl groups excluding tert-OH is 1. The van der Waals surface area contributed by atoms with Gasteiger partial charge in [-0.05, 0) is 48.9 Å². The zero-order valence-electron chi connectivity index (χ0n) is 19.0. The molecule has 1 heterocycles. The summed E-state index contributed by atoms with van der Waals surface area (Å²) < 4.78 is 38.1. The molecule has 0 aliphatic carbocycles. The lowest BCUT2D eigenvalue weighted by Gasteiger charge is -2.26. The molecular weight excluding hydrogens is 460 g/mol. The Bertz CT molecular complexity index is 1380. The van der Waals surface area contributed by atoms with Crippen molar-refractivity contribution in [2.45, 2.75) is 13.0 Å². The molecule has 180 valence electrons. The third-order valence-corrected chi connectivity index (χ3v) is 5.75. The first-order valence-electron chi connectivity index (χ1n) is 10.5. The number of hydrogen-bond donors (Lipinski definition) is 2. The van der Waals surface area contributed by atoms with Crippen LogP contribution in [0.15, 0.2) is 60.2 Å². The Hall–Kier alpha value is -4.40. The van der Waals surface area contributed by atoms with Gasteiger partial charge in [0.1, 0.15) is 11.5 Å². The van der Waals surface area contributed by atoms with Crippen LogP contribution in [0.1, 0.15) is 22.7 Å². The van der Waals surface area contributed by atoms with Crippen LogP contribution in [-0.2, 0) is 9.59 Å². The summed E-state index contributed by atoms with van der Waals surface area (Å²) in [7, 11) is 2.74. The summed E-state index contributed by atoms with van der Waals surface area (Å²) in [6, 6.07) is 10.6. The third-order valence-electron chi connectivity index (χ3n) is 5.75. The van der Waals surface area contributed by atoms with E-state index in [4.69, 9.17) is 9.47 Å². The highest BCUT2D eigenvalue weighted by Crippen LogP contribution is 2.45. The topological polar surface area (TPSA) is 96.3 Å². The van der Waals surface area contributed by atoms with Crippen molar-refractivity contribution in [2.24, 2.45) is 0 Å². The second-order valence-corrected chi connectivity index (χ2v) is 7.90. The molecular formula is C26H21F2NO6. The average Bonchev–Trinajstić information content (AvgIpc) is 3.10. The highest BCUT2D eigenvalue weighted by Gasteiger charge is 2.47. The van der Waals surface area contributed by atoms with Gasteiger partial charge in [-0.3, -0.25) is 14.5 Å². The Morgan fingerprint density at radius 3 is 2.23 bits per heavy atom. The summed E-state index contributed by atoms with van der Waals surface area (Å²) in [5.41, 5.74) is 0.717. The van der Waals surface area contributed by atoms with Crippen LogP contribution in [0, 0.1) is 18.6 Å². The van der Waals surface area contributed by atoms with E-state index in [1.54, 1.807) is 25.1 Å². The van der Waals surface area contributed by atoms with E-state index in [1.165, 1.54) is 32.4 Å². The molecule has 1 unspecified atom stereocenters. The number of carbonyl (C=O) groups is 2. The summed E-state index contributed by atoms with van der Waals surface area (Å²) in [6.45, 7) is 1.77. The minimum absolute atomic E-state index is 0.110. The van der Waals surface area contributed by atoms with Crippen LogP contribution in [0.2, 0.25) is 0 Å². The van der Waals surface area contributed by atoms with Gasteiger partial charge in [-0.2, -0.15) is 0 Å². The molecule has 1 amide bonds. The molecule has 7 nitrogen and oxygen atoms in total. The number of aliphatic hydroxyl groups is 1. The second kappa shape index (κ2) is 9.09. The Balaban J connectivity index is 2.01. The molecule has 1 fully saturated rings. The number of amides is 1. The minimum Gasteiger partial charge on any atom is -0.507 e. The third kappa shape index (κ3) is 4.05. The first-order valence-corrected chi connectivity index (χ1v) is 10.5. The number of anilines is 1. The van der Waals surface area contributed by atoms with Crippen LogP contribution in [0.4, 0.5) is 14.5 Å². The summed E-state index contributed by atoms with van der Waals surface area (Å²) in [5.74, 6) is -4.87. The Morgan fingerprint density at radius 2 is 1.60 bits per heavy atom. The number of aryl methyl sites for hydroxylation is 1. The Morgan fingerprint density at radius 1 is 0.914 bits per heavy atom. The SMILES string of the molecule is COc1ccc(C2/C(=C(\O)c3cc(C)ccc3OC)C(=O)C(=O)N2c2ccc(F)c(F)c2)cc1O. The summed E-state index contributed by atoms with van der Waals surface area (Å²) >= 11 is 0. The van der Waals surface area contributed by atoms with Gasteiger partial charge in [0.05, 0.1) is 31.4 Å². The molecule has 35 heavy (non-hydrogen) atoms. The van der Waals surface area contributed by atoms with E-state index in [-0.39, 0.29) is 39.6 Å². The molecule has 1 aliphatic heterocycles. The van der Waals surface area contributed by atoms with E-state index in [9.17, 15) is 28.6 Å². The largest absolute Gasteiger partial charge is 0.507 e. The molecule has 9 heteroatoms. The van der Waals surface area contributed by atoms with Gasteiger partial charge in [-0.1, -0.05) is 17.7 Å². The van der Waals surface area contributed by atoms with Gasteiger partial charge in [0.25, 0.3) is 11.7 Å². The van der Waals surface area contributed by atoms with Gasteiger partial charge in [0.2, 0.25) is 0 Å². The second-order valence-electron chi connectivity index (χ2n) is 7.90. The van der Waals surface area contributed by atoms with Crippen molar-refractivity contribution in [3.63, 3.8) is 0 Å². The highest BCUT2D eigenvalue weighted by atomic mass is 19.2. The molecule has 1 aliphatic rings. The molecule has 2 N–H and O–H groups in total. The zero-order valence-corrected chi connectivity index (χ0v) is 19.0. The van der Waals surface area contributed by atoms with E-state index >= 15 is 0 Å². The lowest BCUT2D eigenvalue weighted by Crippen LogP contribution is -2.29. The number of nitrogens with zero attached hydrogens (tertiary/aromatic N) is 1. The standard InChI is InChI=1S/C26H21F2NO6/c1-13-4-8-20(34-2)16(10-13)24(31)22-23(14-5-9-21(35-3)19(30)11-14)29(26(33)25(22)32)15-6-7-17(27)18(28)12-15/h4-12,23,30-31H,1-3H3/b24-22+. The van der Waals surface area contributed by atoms with E-state index in [1.807, 2.05) is 0 Å². The van der Waals surface area contributed by atoms with Crippen molar-refractivity contribution in [1.82, 2.24) is 0 Å². The first kappa shape index (κ1) is 23.7. The summed E-state index contributed by atoms with van der Waals surface area (Å²) in [6.07, 6.45) is 0. The molecule has 0 spiro atoms. The van der Waals surface area contributed by atoms with E-state index in [2.05, 4.69) is 0 Å². The number of ether oxygens (including phenoxy) is 2. The molecule has 0 saturated carbocycles. The molecule has 1 atom stereocenters. The maximum Gasteiger partial charge on any atom is 0.300 e. The van der Waals surface area contributed by atoms with Gasteiger partial charge in [-0.15, -0.1) is 0 Å². The molecule has 4 rings (SSSR count). The Labute approximate surface area is 199 Å². The van der Waals surface area contributed by atoms with Crippen LogP contribution in [0.5, 0.6) is 17.2 Å². The fraction of sp³-hybridized carbons (Fsp3) is 0.154. The number of phenolic OH excluding ortho intramolecular Hbond substituents is 1. The van der Waals surface area contributed by atoms with Crippen LogP contribution in [0.3, 0.4) is 0 Å². The zero-order chi connectivity index (χ0) is 25.4. The highest BCUT2D eigenvalue weighted by molar-refractivity contribution is 6.51. The molecule has 3 aromatic carbocycles. The van der Waals surface area contributed by atoms with Crippen molar-refractivity contribution in [3.8, 4) is 17.2 Å². The summed E-state index contributed by atoms with van der Waals surface area (Å²) in [5, 5.41) is 21.6. The van der Waals surface area contributed by atoms with Crippen LogP contribution < -0.4 is 14.4 Å². The van der Waals surface area contributed by atoms with Gasteiger partial charge < -0.3 is 19.7 Å². The molecule has 0 bridgehead atoms. The maximum absolute atomic E-state index is 14.1. The van der Waals surface area contributed by atoms with Crippen LogP contribution in [-0.4, -0.2) is 36.1 Å². The lowest BCUT2D eigenvalue weighted by molar-refractivity contribution is -0.132. The predicted octanol–water partition coefficient (Wildman–Crippen LogP) is 4.62. The predicted molar refractivity (Wildman–Crippen MR) is 124 cm³/mol. The van der Waals surface area contributed by atoms with E-state index < -0.39 is 35.1 Å². The van der Waals surface area contributed by atoms with Gasteiger partial charge >= 0.3 is 0 Å². The monoisotopic (exact) mass is 481 g/mol. The fourth-order valence-electron chi connectivity index (χ4n) is 4.08. The smallest absolute Gasteiger partial charge is 0.300 e. The quantitative estimate of drug-likeness (QED) is 0.314. The molecule has 1 saturated heterocycles. The normalized spacial score (nSPS) is 17.1. The van der Waals surface area contributed by atoms with E-state index in [0.717, 1.165) is 28.7 Å². The number of Topliss-reactive ketones (excluding diaryl/α,β-unsaturated/α-hetero) is 1. The van der Waals surface area contributed by atoms with Crippen molar-refractivity contribution in [3.05, 3.63) is 88.5 Å². The lowest BCUT2D eigenvalue weighted by atomic mass is 9.94. The number of benzene rings is 3. The van der Waals surface area contributed by atoms with Crippen LogP contribution >= 0.6 is 0 Å². The number of ketones is 1. The number of aromatic hydroxyl groups is 1. The van der Waals surface area contributed by atoms with Gasteiger partial charge in [-0.25, -0.2) is 8.78 Å². The minimum atomic E-state index is -1.28. The van der Waals surface area contributed by atoms with Gasteiger partial charge in [0, 0.05) is 11.8 Å². The number of phenols is 1. The van der Waals surface area contributed by atoms with Crippen LogP contribution in [0.25, 0.3) is 5.76 Å². The van der Waals surface area contributed by atoms with Crippen molar-refractivity contribution < 1.29 is 38.1 Å². The maximum atomic E-state index is 14.1. The molecule has 0 aromatic heterocycles. The van der Waals surface area contributed by atoms with E-state index in [0.29, 0.717) is 0 Å². The number of methoxy groups -OCH3 is 2. The van der Waals surface area contributed by atoms with Gasteiger partial charge in [0.15, 0.2) is 23.1 Å². The van der Waals surface area contributed by atoms with Crippen molar-refractivity contribution >= 4 is 23.1 Å². The number of rotatable bonds is 5. The molecule has 3 aromatic rings. The number of carbonyl (C=O) groups excluding carboxylic acids is 2. The average molecular weight is 481 g/mol. The number of hydrogen-bond acceptors (Lipinski definition) is 6. The Kier molecular flexibility index (Phi) is 6.17. The summed E-state index contributed by atoms with van der Waals surface area (Å²) in [4.78, 5) is 27.3. The van der Waals surface area contributed by atoms with Crippen molar-refractivity contribution in [1.29, 1.82) is 0 Å². The molecule has 0 radical (unpaired) electrons. The fourth-order valence-corrected chi connectivity index (χ4v) is 4.08. The first-order chi connectivity index (χ1) is 16.7. The van der Waals surface area contributed by atoms with Crippen molar-refractivity contribution in [2.75, 3.05) is 19.1 Å². The number of halogens is 2.